The first kappa shape index (κ1) is 25.3. The molecule has 0 aliphatic carbocycles. The zero-order valence-corrected chi connectivity index (χ0v) is 19.8. The van der Waals surface area contributed by atoms with Crippen LogP contribution >= 0.6 is 0 Å². The highest BCUT2D eigenvalue weighted by Gasteiger charge is 2.23. The number of anilines is 1. The maximum absolute atomic E-state index is 13.0. The Morgan fingerprint density at radius 1 is 1.18 bits per heavy atom. The van der Waals surface area contributed by atoms with Crippen molar-refractivity contribution in [3.63, 3.8) is 0 Å². The van der Waals surface area contributed by atoms with Crippen LogP contribution in [0.1, 0.15) is 45.0 Å². The van der Waals surface area contributed by atoms with Crippen LogP contribution in [-0.4, -0.2) is 28.7 Å². The molecule has 0 saturated heterocycles. The number of rotatable bonds is 7. The normalized spacial score (nSPS) is 13.2. The number of benzene rings is 1. The summed E-state index contributed by atoms with van der Waals surface area (Å²) in [5, 5.41) is 5.74. The lowest BCUT2D eigenvalue weighted by Gasteiger charge is -2.28. The lowest BCUT2D eigenvalue weighted by Crippen LogP contribution is -2.41. The predicted molar refractivity (Wildman–Crippen MR) is 134 cm³/mol. The molecule has 0 bridgehead atoms. The van der Waals surface area contributed by atoms with Gasteiger partial charge < -0.3 is 22.1 Å². The van der Waals surface area contributed by atoms with Gasteiger partial charge >= 0.3 is 0 Å². The van der Waals surface area contributed by atoms with Crippen LogP contribution < -0.4 is 22.1 Å². The van der Waals surface area contributed by atoms with Crippen LogP contribution in [0.3, 0.4) is 0 Å². The Bertz CT molecular complexity index is 1110. The van der Waals surface area contributed by atoms with E-state index in [1.807, 2.05) is 13.0 Å². The quantitative estimate of drug-likeness (QED) is 0.289. The molecule has 0 radical (unpaired) electrons. The van der Waals surface area contributed by atoms with E-state index in [0.29, 0.717) is 28.2 Å². The SMILES string of the molecule is C=CC(=O)Nc1cccc(-c2cc(C(=O)NC(C)C(C)(C)C)cc(N=C(N)/C=C(/C)N)n2)c1. The van der Waals surface area contributed by atoms with Crippen molar-refractivity contribution in [2.24, 2.45) is 21.9 Å². The zero-order chi connectivity index (χ0) is 24.8. The van der Waals surface area contributed by atoms with Gasteiger partial charge in [0.05, 0.1) is 5.69 Å². The van der Waals surface area contributed by atoms with E-state index in [0.717, 1.165) is 0 Å². The second-order valence-electron chi connectivity index (χ2n) is 8.86. The Morgan fingerprint density at radius 2 is 1.88 bits per heavy atom. The molecule has 2 amide bonds. The largest absolute Gasteiger partial charge is 0.402 e. The highest BCUT2D eigenvalue weighted by Crippen LogP contribution is 2.26. The third-order valence-corrected chi connectivity index (χ3v) is 4.95. The molecular formula is C25H32N6O2. The van der Waals surface area contributed by atoms with Gasteiger partial charge in [0.15, 0.2) is 5.82 Å². The second kappa shape index (κ2) is 10.6. The molecule has 2 aromatic rings. The minimum atomic E-state index is -0.327. The van der Waals surface area contributed by atoms with Crippen molar-refractivity contribution in [1.29, 1.82) is 0 Å². The van der Waals surface area contributed by atoms with E-state index in [4.69, 9.17) is 11.5 Å². The van der Waals surface area contributed by atoms with E-state index in [1.165, 1.54) is 12.2 Å². The molecule has 2 rings (SSSR count). The van der Waals surface area contributed by atoms with Gasteiger partial charge in [0.1, 0.15) is 5.84 Å². The Labute approximate surface area is 194 Å². The molecule has 1 unspecified atom stereocenters. The number of carbonyl (C=O) groups excluding carboxylic acids is 2. The van der Waals surface area contributed by atoms with E-state index >= 15 is 0 Å². The molecule has 0 fully saturated rings. The first-order chi connectivity index (χ1) is 15.4. The third-order valence-electron chi connectivity index (χ3n) is 4.95. The predicted octanol–water partition coefficient (Wildman–Crippen LogP) is 3.89. The summed E-state index contributed by atoms with van der Waals surface area (Å²) < 4.78 is 0. The maximum atomic E-state index is 13.0. The van der Waals surface area contributed by atoms with Crippen molar-refractivity contribution in [2.75, 3.05) is 5.32 Å². The molecule has 0 spiro atoms. The van der Waals surface area contributed by atoms with Crippen LogP contribution in [0, 0.1) is 5.41 Å². The summed E-state index contributed by atoms with van der Waals surface area (Å²) in [6.07, 6.45) is 2.70. The summed E-state index contributed by atoms with van der Waals surface area (Å²) >= 11 is 0. The molecule has 0 aliphatic rings. The van der Waals surface area contributed by atoms with Crippen molar-refractivity contribution in [3.8, 4) is 11.3 Å². The number of aliphatic imine (C=N–C) groups is 1. The van der Waals surface area contributed by atoms with Gasteiger partial charge in [0.25, 0.3) is 5.91 Å². The molecular weight excluding hydrogens is 416 g/mol. The number of pyridine rings is 1. The van der Waals surface area contributed by atoms with Gasteiger partial charge in [-0.3, -0.25) is 9.59 Å². The summed E-state index contributed by atoms with van der Waals surface area (Å²) in [5.74, 6) is -0.151. The van der Waals surface area contributed by atoms with Crippen molar-refractivity contribution < 1.29 is 9.59 Å². The topological polar surface area (TPSA) is 135 Å². The van der Waals surface area contributed by atoms with Gasteiger partial charge in [-0.2, -0.15) is 0 Å². The van der Waals surface area contributed by atoms with E-state index in [2.05, 4.69) is 48.0 Å². The number of amidine groups is 1. The van der Waals surface area contributed by atoms with Crippen LogP contribution in [0.5, 0.6) is 0 Å². The Hall–Kier alpha value is -3.94. The zero-order valence-electron chi connectivity index (χ0n) is 19.8. The van der Waals surface area contributed by atoms with Gasteiger partial charge in [-0.15, -0.1) is 0 Å². The molecule has 1 aromatic carbocycles. The van der Waals surface area contributed by atoms with Crippen molar-refractivity contribution in [3.05, 3.63) is 66.4 Å². The number of aromatic nitrogens is 1. The number of hydrogen-bond donors (Lipinski definition) is 4. The van der Waals surface area contributed by atoms with E-state index in [9.17, 15) is 9.59 Å². The Balaban J connectivity index is 2.55. The number of nitrogens with one attached hydrogen (secondary N) is 2. The lowest BCUT2D eigenvalue weighted by molar-refractivity contribution is -0.111. The van der Waals surface area contributed by atoms with Gasteiger partial charge in [0.2, 0.25) is 5.91 Å². The highest BCUT2D eigenvalue weighted by atomic mass is 16.2. The average molecular weight is 449 g/mol. The fraction of sp³-hybridized carbons (Fsp3) is 0.280. The molecule has 8 heteroatoms. The molecule has 0 aliphatic heterocycles. The fourth-order valence-corrected chi connectivity index (χ4v) is 2.70. The number of nitrogens with two attached hydrogens (primary N) is 2. The molecule has 1 atom stereocenters. The van der Waals surface area contributed by atoms with Crippen LogP contribution in [-0.2, 0) is 4.79 Å². The summed E-state index contributed by atoms with van der Waals surface area (Å²) in [7, 11) is 0. The highest BCUT2D eigenvalue weighted by molar-refractivity contribution is 6.00. The summed E-state index contributed by atoms with van der Waals surface area (Å²) in [6, 6.07) is 10.3. The Morgan fingerprint density at radius 3 is 2.48 bits per heavy atom. The summed E-state index contributed by atoms with van der Waals surface area (Å²) in [5.41, 5.74) is 14.2. The number of allylic oxidation sites excluding steroid dienone is 1. The van der Waals surface area contributed by atoms with E-state index in [1.54, 1.807) is 37.3 Å². The molecule has 0 saturated carbocycles. The van der Waals surface area contributed by atoms with Gasteiger partial charge in [-0.05, 0) is 55.7 Å². The minimum Gasteiger partial charge on any atom is -0.402 e. The van der Waals surface area contributed by atoms with Gasteiger partial charge in [-0.25, -0.2) is 9.98 Å². The smallest absolute Gasteiger partial charge is 0.251 e. The van der Waals surface area contributed by atoms with Gasteiger partial charge in [0, 0.05) is 28.6 Å². The average Bonchev–Trinajstić information content (AvgIpc) is 2.72. The third kappa shape index (κ3) is 7.60. The lowest BCUT2D eigenvalue weighted by atomic mass is 9.88. The molecule has 1 aromatic heterocycles. The molecule has 33 heavy (non-hydrogen) atoms. The molecule has 8 nitrogen and oxygen atoms in total. The second-order valence-corrected chi connectivity index (χ2v) is 8.86. The van der Waals surface area contributed by atoms with Gasteiger partial charge in [-0.1, -0.05) is 39.5 Å². The number of nitrogens with zero attached hydrogens (tertiary/aromatic N) is 2. The van der Waals surface area contributed by atoms with Crippen LogP contribution in [0.2, 0.25) is 0 Å². The minimum absolute atomic E-state index is 0.0705. The summed E-state index contributed by atoms with van der Waals surface area (Å²) in [4.78, 5) is 33.6. The van der Waals surface area contributed by atoms with Crippen LogP contribution in [0.4, 0.5) is 11.5 Å². The van der Waals surface area contributed by atoms with Crippen molar-refractivity contribution >= 4 is 29.2 Å². The maximum Gasteiger partial charge on any atom is 0.251 e. The number of hydrogen-bond acceptors (Lipinski definition) is 5. The standard InChI is InChI=1S/C25H32N6O2/c1-7-23(32)29-19-10-8-9-17(12-19)20-13-18(24(33)28-16(3)25(4,5)6)14-22(30-20)31-21(27)11-15(2)26/h7-14,16H,1,26H2,2-6H3,(H,28,33)(H,29,32)(H2,27,30,31)/b15-11-. The van der Waals surface area contributed by atoms with Crippen LogP contribution in [0.15, 0.2) is 65.8 Å². The molecule has 6 N–H and O–H groups in total. The monoisotopic (exact) mass is 448 g/mol. The first-order valence-electron chi connectivity index (χ1n) is 10.5. The number of amides is 2. The first-order valence-corrected chi connectivity index (χ1v) is 10.5. The Kier molecular flexibility index (Phi) is 8.12. The van der Waals surface area contributed by atoms with E-state index in [-0.39, 0.29) is 34.9 Å². The van der Waals surface area contributed by atoms with Crippen LogP contribution in [0.25, 0.3) is 11.3 Å². The van der Waals surface area contributed by atoms with Crippen molar-refractivity contribution in [1.82, 2.24) is 10.3 Å². The fourth-order valence-electron chi connectivity index (χ4n) is 2.70. The molecule has 1 heterocycles. The summed E-state index contributed by atoms with van der Waals surface area (Å²) in [6.45, 7) is 13.3. The number of carbonyl (C=O) groups is 2. The van der Waals surface area contributed by atoms with Crippen molar-refractivity contribution in [2.45, 2.75) is 40.7 Å². The van der Waals surface area contributed by atoms with E-state index < -0.39 is 0 Å². The molecule has 174 valence electrons.